The lowest BCUT2D eigenvalue weighted by Crippen LogP contribution is -2.43. The first-order valence-electron chi connectivity index (χ1n) is 10.8. The number of ether oxygens (including phenoxy) is 1. The van der Waals surface area contributed by atoms with E-state index in [-0.39, 0.29) is 5.54 Å². The number of aliphatic imine (C=N–C) groups is 1. The molecule has 0 atom stereocenters. The van der Waals surface area contributed by atoms with E-state index in [0.29, 0.717) is 22.3 Å². The Labute approximate surface area is 192 Å². The van der Waals surface area contributed by atoms with Gasteiger partial charge in [-0.05, 0) is 82.7 Å². The lowest BCUT2D eigenvalue weighted by atomic mass is 9.85. The number of amidine groups is 1. The number of nitrogens with one attached hydrogen (secondary N) is 1. The predicted molar refractivity (Wildman–Crippen MR) is 136 cm³/mol. The molecule has 0 amide bonds. The minimum Gasteiger partial charge on any atom is -0.492 e. The van der Waals surface area contributed by atoms with Crippen molar-refractivity contribution in [3.63, 3.8) is 0 Å². The summed E-state index contributed by atoms with van der Waals surface area (Å²) >= 11 is 6.98. The van der Waals surface area contributed by atoms with E-state index in [2.05, 4.69) is 50.1 Å². The first-order chi connectivity index (χ1) is 14.1. The van der Waals surface area contributed by atoms with Crippen LogP contribution in [0.4, 0.5) is 5.69 Å². The van der Waals surface area contributed by atoms with Gasteiger partial charge in [-0.15, -0.1) is 0 Å². The van der Waals surface area contributed by atoms with Crippen LogP contribution in [0.5, 0.6) is 5.75 Å². The standard InChI is InChI=1S/C23H38N4OS2/c1-22(2,27(4)5)16-28-19-12-10-18(11-13-19)25-21(29)26-20(24)30-17-23(3)14-8-6-7-9-15-23/h10-13H,6-9,14-17H2,1-5H3,(H3,24,25,26,29). The molecule has 0 aliphatic heterocycles. The first kappa shape index (κ1) is 25.0. The summed E-state index contributed by atoms with van der Waals surface area (Å²) in [4.78, 5) is 6.51. The Morgan fingerprint density at radius 3 is 2.37 bits per heavy atom. The van der Waals surface area contributed by atoms with E-state index in [0.717, 1.165) is 17.2 Å². The fourth-order valence-corrected chi connectivity index (χ4v) is 4.50. The molecule has 0 saturated heterocycles. The van der Waals surface area contributed by atoms with Crippen molar-refractivity contribution >= 4 is 39.9 Å². The number of hydrogen-bond acceptors (Lipinski definition) is 4. The second kappa shape index (κ2) is 11.3. The molecular weight excluding hydrogens is 412 g/mol. The molecule has 5 nitrogen and oxygen atoms in total. The van der Waals surface area contributed by atoms with Gasteiger partial charge < -0.3 is 20.7 Å². The molecule has 0 spiro atoms. The average molecular weight is 451 g/mol. The van der Waals surface area contributed by atoms with Gasteiger partial charge in [-0.2, -0.15) is 4.99 Å². The third kappa shape index (κ3) is 8.44. The van der Waals surface area contributed by atoms with Crippen molar-refractivity contribution in [3.8, 4) is 5.75 Å². The summed E-state index contributed by atoms with van der Waals surface area (Å²) in [6, 6.07) is 7.75. The number of benzene rings is 1. The fraction of sp³-hybridized carbons (Fsp3) is 0.652. The third-order valence-corrected chi connectivity index (χ3v) is 7.42. The van der Waals surface area contributed by atoms with Gasteiger partial charge in [0, 0.05) is 17.0 Å². The SMILES string of the molecule is CN(C)C(C)(C)COc1ccc(NC(=S)/N=C(\N)SCC2(C)CCCCCC2)cc1. The molecule has 3 N–H and O–H groups in total. The molecular formula is C23H38N4OS2. The van der Waals surface area contributed by atoms with Gasteiger partial charge in [-0.25, -0.2) is 0 Å². The first-order valence-corrected chi connectivity index (χ1v) is 12.2. The maximum atomic E-state index is 6.13. The van der Waals surface area contributed by atoms with Gasteiger partial charge in [0.1, 0.15) is 12.4 Å². The Balaban J connectivity index is 1.82. The van der Waals surface area contributed by atoms with E-state index < -0.39 is 0 Å². The fourth-order valence-electron chi connectivity index (χ4n) is 3.28. The Morgan fingerprint density at radius 1 is 1.20 bits per heavy atom. The Kier molecular flexibility index (Phi) is 9.44. The maximum Gasteiger partial charge on any atom is 0.199 e. The van der Waals surface area contributed by atoms with Crippen molar-refractivity contribution in [1.29, 1.82) is 0 Å². The molecule has 0 radical (unpaired) electrons. The normalized spacial score (nSPS) is 17.5. The van der Waals surface area contributed by atoms with E-state index in [4.69, 9.17) is 22.7 Å². The largest absolute Gasteiger partial charge is 0.492 e. The van der Waals surface area contributed by atoms with E-state index in [1.54, 1.807) is 11.8 Å². The van der Waals surface area contributed by atoms with Crippen LogP contribution in [0.2, 0.25) is 0 Å². The molecule has 0 heterocycles. The Morgan fingerprint density at radius 2 is 1.80 bits per heavy atom. The zero-order chi connectivity index (χ0) is 22.2. The van der Waals surface area contributed by atoms with E-state index in [9.17, 15) is 0 Å². The van der Waals surface area contributed by atoms with Crippen LogP contribution in [0.25, 0.3) is 0 Å². The molecule has 0 unspecified atom stereocenters. The van der Waals surface area contributed by atoms with Crippen molar-refractivity contribution in [1.82, 2.24) is 4.90 Å². The van der Waals surface area contributed by atoms with Crippen LogP contribution in [-0.4, -0.2) is 47.2 Å². The number of rotatable bonds is 7. The van der Waals surface area contributed by atoms with Gasteiger partial charge in [0.2, 0.25) is 0 Å². The van der Waals surface area contributed by atoms with Crippen LogP contribution in [0.3, 0.4) is 0 Å². The van der Waals surface area contributed by atoms with Crippen LogP contribution >= 0.6 is 24.0 Å². The number of nitrogens with two attached hydrogens (primary N) is 1. The van der Waals surface area contributed by atoms with E-state index in [1.165, 1.54) is 38.5 Å². The van der Waals surface area contributed by atoms with Crippen LogP contribution in [0.1, 0.15) is 59.3 Å². The van der Waals surface area contributed by atoms with Crippen LogP contribution in [0, 0.1) is 5.41 Å². The summed E-state index contributed by atoms with van der Waals surface area (Å²) in [5.41, 5.74) is 7.33. The highest BCUT2D eigenvalue weighted by Crippen LogP contribution is 2.37. The number of thioether (sulfide) groups is 1. The van der Waals surface area contributed by atoms with Crippen molar-refractivity contribution in [2.45, 2.75) is 64.8 Å². The molecule has 1 fully saturated rings. The van der Waals surface area contributed by atoms with Gasteiger partial charge >= 0.3 is 0 Å². The third-order valence-electron chi connectivity index (χ3n) is 6.00. The quantitative estimate of drug-likeness (QED) is 0.247. The number of anilines is 1. The zero-order valence-electron chi connectivity index (χ0n) is 19.2. The summed E-state index contributed by atoms with van der Waals surface area (Å²) in [5.74, 6) is 1.83. The van der Waals surface area contributed by atoms with E-state index >= 15 is 0 Å². The smallest absolute Gasteiger partial charge is 0.199 e. The Hall–Kier alpha value is -1.31. The summed E-state index contributed by atoms with van der Waals surface area (Å²) in [7, 11) is 4.11. The van der Waals surface area contributed by atoms with E-state index in [1.807, 2.05) is 24.3 Å². The number of thiocarbonyl (C=S) groups is 1. The second-order valence-corrected chi connectivity index (χ2v) is 10.8. The van der Waals surface area contributed by atoms with Crippen LogP contribution in [0.15, 0.2) is 29.3 Å². The molecule has 30 heavy (non-hydrogen) atoms. The summed E-state index contributed by atoms with van der Waals surface area (Å²) in [6.07, 6.45) is 7.90. The van der Waals surface area contributed by atoms with Gasteiger partial charge in [0.25, 0.3) is 0 Å². The van der Waals surface area contributed by atoms with Gasteiger partial charge in [-0.3, -0.25) is 0 Å². The highest BCUT2D eigenvalue weighted by molar-refractivity contribution is 8.13. The number of nitrogens with zero attached hydrogens (tertiary/aromatic N) is 2. The summed E-state index contributed by atoms with van der Waals surface area (Å²) < 4.78 is 5.91. The molecule has 1 aromatic carbocycles. The van der Waals surface area contributed by atoms with Gasteiger partial charge in [0.05, 0.1) is 0 Å². The molecule has 1 aliphatic rings. The molecule has 0 aromatic heterocycles. The molecule has 2 rings (SSSR count). The van der Waals surface area contributed by atoms with Crippen molar-refractivity contribution < 1.29 is 4.74 Å². The lowest BCUT2D eigenvalue weighted by Gasteiger charge is -2.32. The molecule has 1 saturated carbocycles. The van der Waals surface area contributed by atoms with Gasteiger partial charge in [-0.1, -0.05) is 44.4 Å². The van der Waals surface area contributed by atoms with Gasteiger partial charge in [0.15, 0.2) is 10.3 Å². The summed E-state index contributed by atoms with van der Waals surface area (Å²) in [5, 5.41) is 4.05. The minimum atomic E-state index is -0.0315. The molecule has 168 valence electrons. The monoisotopic (exact) mass is 450 g/mol. The highest BCUT2D eigenvalue weighted by Gasteiger charge is 2.26. The minimum absolute atomic E-state index is 0.0315. The molecule has 0 bridgehead atoms. The maximum absolute atomic E-state index is 6.13. The molecule has 7 heteroatoms. The molecule has 1 aromatic rings. The van der Waals surface area contributed by atoms with Crippen molar-refractivity contribution in [2.75, 3.05) is 31.8 Å². The number of hydrogen-bond donors (Lipinski definition) is 2. The summed E-state index contributed by atoms with van der Waals surface area (Å²) in [6.45, 7) is 7.29. The molecule has 1 aliphatic carbocycles. The Bertz CT molecular complexity index is 708. The zero-order valence-corrected chi connectivity index (χ0v) is 20.8. The predicted octanol–water partition coefficient (Wildman–Crippen LogP) is 5.51. The van der Waals surface area contributed by atoms with Crippen molar-refractivity contribution in [3.05, 3.63) is 24.3 Å². The topological polar surface area (TPSA) is 62.9 Å². The number of likely N-dealkylation sites (N-methyl/N-ethyl adjacent to an activating group) is 1. The van der Waals surface area contributed by atoms with Crippen LogP contribution in [-0.2, 0) is 0 Å². The van der Waals surface area contributed by atoms with Crippen LogP contribution < -0.4 is 15.8 Å². The van der Waals surface area contributed by atoms with Crippen molar-refractivity contribution in [2.24, 2.45) is 16.1 Å². The second-order valence-electron chi connectivity index (χ2n) is 9.41. The highest BCUT2D eigenvalue weighted by atomic mass is 32.2. The lowest BCUT2D eigenvalue weighted by molar-refractivity contribution is 0.114. The average Bonchev–Trinajstić information content (AvgIpc) is 2.91.